The lowest BCUT2D eigenvalue weighted by Gasteiger charge is -2.17. The minimum atomic E-state index is -0.909. The summed E-state index contributed by atoms with van der Waals surface area (Å²) in [5.74, 6) is 5.08. The van der Waals surface area contributed by atoms with Crippen LogP contribution in [0.25, 0.3) is 0 Å². The maximum Gasteiger partial charge on any atom is 0.122 e. The summed E-state index contributed by atoms with van der Waals surface area (Å²) in [6, 6.07) is 0. The van der Waals surface area contributed by atoms with Crippen molar-refractivity contribution < 1.29 is 10.2 Å². The zero-order valence-electron chi connectivity index (χ0n) is 11.7. The van der Waals surface area contributed by atoms with E-state index in [2.05, 4.69) is 11.8 Å². The molecule has 0 heterocycles. The van der Waals surface area contributed by atoms with Crippen molar-refractivity contribution in [3.8, 4) is 24.7 Å². The maximum absolute atomic E-state index is 9.26. The van der Waals surface area contributed by atoms with E-state index in [9.17, 15) is 5.11 Å². The Labute approximate surface area is 106 Å². The molecule has 0 spiro atoms. The third kappa shape index (κ3) is 13.0. The van der Waals surface area contributed by atoms with Gasteiger partial charge in [0.05, 0.1) is 0 Å². The Morgan fingerprint density at radius 3 is 1.59 bits per heavy atom. The molecule has 0 aromatic heterocycles. The molecule has 0 fully saturated rings. The van der Waals surface area contributed by atoms with E-state index in [4.69, 9.17) is 18.0 Å². The highest BCUT2D eigenvalue weighted by atomic mass is 16.3. The van der Waals surface area contributed by atoms with Crippen LogP contribution in [0.15, 0.2) is 0 Å². The van der Waals surface area contributed by atoms with Crippen LogP contribution >= 0.6 is 0 Å². The van der Waals surface area contributed by atoms with Crippen LogP contribution in [-0.2, 0) is 0 Å². The van der Waals surface area contributed by atoms with E-state index < -0.39 is 11.2 Å². The Morgan fingerprint density at radius 1 is 1.06 bits per heavy atom. The molecule has 2 atom stereocenters. The van der Waals surface area contributed by atoms with Gasteiger partial charge in [-0.15, -0.1) is 12.8 Å². The van der Waals surface area contributed by atoms with Gasteiger partial charge >= 0.3 is 0 Å². The van der Waals surface area contributed by atoms with Gasteiger partial charge in [-0.25, -0.2) is 0 Å². The van der Waals surface area contributed by atoms with Gasteiger partial charge in [-0.05, 0) is 32.6 Å². The van der Waals surface area contributed by atoms with Crippen molar-refractivity contribution in [3.63, 3.8) is 0 Å². The number of hydrogen-bond donors (Lipinski definition) is 2. The predicted molar refractivity (Wildman–Crippen MR) is 73.3 cm³/mol. The molecule has 2 nitrogen and oxygen atoms in total. The molecular formula is C15H26O2. The van der Waals surface area contributed by atoms with E-state index in [1.807, 2.05) is 20.8 Å². The standard InChI is InChI=1S/C8H14O.C7H12O/c1-5-8(4,9)6-7(2)3;1-4-6-7(3,8)5-2/h1,7,9H,6H2,2-4H3;2,8H,4,6H2,1,3H3. The summed E-state index contributed by atoms with van der Waals surface area (Å²) in [6.07, 6.45) is 12.3. The van der Waals surface area contributed by atoms with Gasteiger partial charge in [0.25, 0.3) is 0 Å². The Bertz CT molecular complexity index is 274. The monoisotopic (exact) mass is 238 g/mol. The second-order valence-electron chi connectivity index (χ2n) is 5.18. The van der Waals surface area contributed by atoms with Crippen molar-refractivity contribution in [1.29, 1.82) is 0 Å². The summed E-state index contributed by atoms with van der Waals surface area (Å²) in [5, 5.41) is 18.3. The van der Waals surface area contributed by atoms with Gasteiger partial charge in [0.1, 0.15) is 11.2 Å². The highest BCUT2D eigenvalue weighted by Gasteiger charge is 2.17. The molecule has 17 heavy (non-hydrogen) atoms. The predicted octanol–water partition coefficient (Wildman–Crippen LogP) is 2.59. The van der Waals surface area contributed by atoms with E-state index in [-0.39, 0.29) is 0 Å². The second kappa shape index (κ2) is 8.18. The van der Waals surface area contributed by atoms with Gasteiger partial charge in [-0.1, -0.05) is 39.0 Å². The smallest absolute Gasteiger partial charge is 0.122 e. The van der Waals surface area contributed by atoms with Gasteiger partial charge in [0.2, 0.25) is 0 Å². The van der Waals surface area contributed by atoms with Crippen LogP contribution in [0.2, 0.25) is 0 Å². The summed E-state index contributed by atoms with van der Waals surface area (Å²) in [6.45, 7) is 9.37. The largest absolute Gasteiger partial charge is 0.378 e. The highest BCUT2D eigenvalue weighted by molar-refractivity contribution is 5.04. The van der Waals surface area contributed by atoms with Crippen LogP contribution in [-0.4, -0.2) is 21.4 Å². The quantitative estimate of drug-likeness (QED) is 0.739. The first kappa shape index (κ1) is 18.4. The Kier molecular flexibility index (Phi) is 8.85. The first-order valence-corrected chi connectivity index (χ1v) is 6.00. The third-order valence-electron chi connectivity index (χ3n) is 2.16. The Balaban J connectivity index is 0. The molecule has 2 N–H and O–H groups in total. The minimum Gasteiger partial charge on any atom is -0.378 e. The van der Waals surface area contributed by atoms with E-state index in [1.54, 1.807) is 13.8 Å². The van der Waals surface area contributed by atoms with Crippen LogP contribution < -0.4 is 0 Å². The minimum absolute atomic E-state index is 0.455. The number of hydrogen-bond acceptors (Lipinski definition) is 2. The van der Waals surface area contributed by atoms with Crippen LogP contribution in [0, 0.1) is 30.6 Å². The summed E-state index contributed by atoms with van der Waals surface area (Å²) in [7, 11) is 0. The van der Waals surface area contributed by atoms with E-state index in [0.717, 1.165) is 6.42 Å². The molecule has 0 radical (unpaired) electrons. The third-order valence-corrected chi connectivity index (χ3v) is 2.16. The van der Waals surface area contributed by atoms with Gasteiger partial charge in [0.15, 0.2) is 0 Å². The average Bonchev–Trinajstić information content (AvgIpc) is 2.17. The SMILES string of the molecule is C#CC(C)(O)CC(C)C.C#CC(C)(O)CCC. The first-order chi connectivity index (χ1) is 7.60. The van der Waals surface area contributed by atoms with Crippen molar-refractivity contribution in [2.45, 2.75) is 65.1 Å². The van der Waals surface area contributed by atoms with Gasteiger partial charge in [-0.3, -0.25) is 0 Å². The zero-order valence-corrected chi connectivity index (χ0v) is 11.7. The van der Waals surface area contributed by atoms with Gasteiger partial charge in [0, 0.05) is 0 Å². The number of terminal acetylenes is 2. The molecule has 0 aliphatic carbocycles. The second-order valence-corrected chi connectivity index (χ2v) is 5.18. The molecule has 0 amide bonds. The van der Waals surface area contributed by atoms with E-state index in [0.29, 0.717) is 18.8 Å². The molecule has 0 aromatic carbocycles. The molecule has 2 unspecified atom stereocenters. The fourth-order valence-corrected chi connectivity index (χ4v) is 1.41. The zero-order chi connectivity index (χ0) is 14.1. The van der Waals surface area contributed by atoms with Crippen molar-refractivity contribution in [1.82, 2.24) is 0 Å². The maximum atomic E-state index is 9.26. The molecular weight excluding hydrogens is 212 g/mol. The topological polar surface area (TPSA) is 40.5 Å². The molecule has 0 aliphatic rings. The van der Waals surface area contributed by atoms with Crippen molar-refractivity contribution in [3.05, 3.63) is 0 Å². The van der Waals surface area contributed by atoms with Crippen LogP contribution in [0.4, 0.5) is 0 Å². The van der Waals surface area contributed by atoms with E-state index in [1.165, 1.54) is 0 Å². The normalized spacial score (nSPS) is 16.8. The van der Waals surface area contributed by atoms with E-state index >= 15 is 0 Å². The highest BCUT2D eigenvalue weighted by Crippen LogP contribution is 2.14. The Morgan fingerprint density at radius 2 is 1.47 bits per heavy atom. The van der Waals surface area contributed by atoms with Crippen molar-refractivity contribution in [2.24, 2.45) is 5.92 Å². The van der Waals surface area contributed by atoms with Crippen LogP contribution in [0.3, 0.4) is 0 Å². The number of aliphatic hydroxyl groups is 2. The van der Waals surface area contributed by atoms with Crippen LogP contribution in [0.5, 0.6) is 0 Å². The van der Waals surface area contributed by atoms with Gasteiger partial charge in [-0.2, -0.15) is 0 Å². The molecule has 0 aliphatic heterocycles. The molecule has 0 rings (SSSR count). The Hall–Kier alpha value is -0.960. The van der Waals surface area contributed by atoms with Gasteiger partial charge < -0.3 is 10.2 Å². The molecule has 0 aromatic rings. The molecule has 2 heteroatoms. The first-order valence-electron chi connectivity index (χ1n) is 6.00. The molecule has 98 valence electrons. The van der Waals surface area contributed by atoms with Crippen molar-refractivity contribution in [2.75, 3.05) is 0 Å². The average molecular weight is 238 g/mol. The molecule has 0 saturated heterocycles. The fraction of sp³-hybridized carbons (Fsp3) is 0.733. The summed E-state index contributed by atoms with van der Waals surface area (Å²) in [4.78, 5) is 0. The molecule has 0 bridgehead atoms. The van der Waals surface area contributed by atoms with Crippen molar-refractivity contribution >= 4 is 0 Å². The lowest BCUT2D eigenvalue weighted by atomic mass is 9.95. The summed E-state index contributed by atoms with van der Waals surface area (Å²) < 4.78 is 0. The fourth-order valence-electron chi connectivity index (χ4n) is 1.41. The number of rotatable bonds is 4. The van der Waals surface area contributed by atoms with Crippen LogP contribution in [0.1, 0.15) is 53.9 Å². The summed E-state index contributed by atoms with van der Waals surface area (Å²) in [5.41, 5.74) is -1.79. The molecule has 0 saturated carbocycles. The lowest BCUT2D eigenvalue weighted by molar-refractivity contribution is 0.0977. The summed E-state index contributed by atoms with van der Waals surface area (Å²) >= 11 is 0. The lowest BCUT2D eigenvalue weighted by Crippen LogP contribution is -2.23.